The monoisotopic (exact) mass is 322 g/mol. The van der Waals surface area contributed by atoms with Crippen molar-refractivity contribution >= 4 is 49.5 Å². The predicted molar refractivity (Wildman–Crippen MR) is 85.2 cm³/mol. The van der Waals surface area contributed by atoms with Crippen LogP contribution in [0.15, 0.2) is 18.2 Å². The highest BCUT2D eigenvalue weighted by molar-refractivity contribution is 8.14. The highest BCUT2D eigenvalue weighted by Gasteiger charge is 2.33. The van der Waals surface area contributed by atoms with E-state index in [1.165, 1.54) is 30.0 Å². The summed E-state index contributed by atoms with van der Waals surface area (Å²) in [5.41, 5.74) is 0.824. The van der Waals surface area contributed by atoms with Crippen molar-refractivity contribution < 1.29 is 14.3 Å². The number of benzene rings is 1. The van der Waals surface area contributed by atoms with Crippen LogP contribution in [0.25, 0.3) is 10.2 Å². The van der Waals surface area contributed by atoms with Crippen molar-refractivity contribution in [1.82, 2.24) is 4.98 Å². The minimum Gasteiger partial charge on any atom is -0.497 e. The Morgan fingerprint density at radius 1 is 1.52 bits per heavy atom. The number of ether oxygens (including phenoxy) is 1. The van der Waals surface area contributed by atoms with Gasteiger partial charge in [0.25, 0.3) is 0 Å². The third-order valence-corrected chi connectivity index (χ3v) is 5.28. The van der Waals surface area contributed by atoms with Crippen LogP contribution >= 0.6 is 23.1 Å². The topological polar surface area (TPSA) is 59.5 Å². The van der Waals surface area contributed by atoms with E-state index in [4.69, 9.17) is 4.74 Å². The van der Waals surface area contributed by atoms with Gasteiger partial charge in [0.05, 0.1) is 17.3 Å². The summed E-state index contributed by atoms with van der Waals surface area (Å²) >= 11 is 2.72. The van der Waals surface area contributed by atoms with E-state index >= 15 is 0 Å². The van der Waals surface area contributed by atoms with E-state index in [1.54, 1.807) is 12.0 Å². The molecule has 3 rings (SSSR count). The first-order valence-electron chi connectivity index (χ1n) is 6.49. The molecule has 1 amide bonds. The van der Waals surface area contributed by atoms with Gasteiger partial charge in [-0.05, 0) is 12.1 Å². The van der Waals surface area contributed by atoms with Gasteiger partial charge < -0.3 is 4.74 Å². The predicted octanol–water partition coefficient (Wildman–Crippen LogP) is 2.69. The molecule has 1 atom stereocenters. The second kappa shape index (κ2) is 5.65. The largest absolute Gasteiger partial charge is 0.497 e. The van der Waals surface area contributed by atoms with E-state index < -0.39 is 0 Å². The number of carbonyl (C=O) groups excluding carboxylic acids is 2. The van der Waals surface area contributed by atoms with Gasteiger partial charge in [-0.1, -0.05) is 23.1 Å². The van der Waals surface area contributed by atoms with Crippen molar-refractivity contribution in [3.05, 3.63) is 18.2 Å². The molecule has 1 saturated heterocycles. The number of hydrogen-bond donors (Lipinski definition) is 0. The van der Waals surface area contributed by atoms with Crippen molar-refractivity contribution in [2.75, 3.05) is 18.6 Å². The maximum atomic E-state index is 12.1. The Morgan fingerprint density at radius 3 is 3.05 bits per heavy atom. The second-order valence-electron chi connectivity index (χ2n) is 4.77. The fraction of sp³-hybridized carbons (Fsp3) is 0.357. The van der Waals surface area contributed by atoms with E-state index in [1.807, 2.05) is 18.2 Å². The Bertz CT molecular complexity index is 713. The molecular formula is C14H14N2O3S2. The van der Waals surface area contributed by atoms with Crippen LogP contribution < -0.4 is 9.64 Å². The number of rotatable bonds is 3. The molecule has 1 aliphatic heterocycles. The summed E-state index contributed by atoms with van der Waals surface area (Å²) in [6.45, 7) is 2.07. The van der Waals surface area contributed by atoms with Gasteiger partial charge >= 0.3 is 0 Å². The lowest BCUT2D eigenvalue weighted by molar-refractivity contribution is -0.117. The third-order valence-electron chi connectivity index (χ3n) is 3.24. The smallest absolute Gasteiger partial charge is 0.230 e. The van der Waals surface area contributed by atoms with E-state index in [-0.39, 0.29) is 16.3 Å². The van der Waals surface area contributed by atoms with Gasteiger partial charge in [0.2, 0.25) is 5.91 Å². The summed E-state index contributed by atoms with van der Waals surface area (Å²) in [4.78, 5) is 29.5. The number of hydrogen-bond acceptors (Lipinski definition) is 6. The molecule has 0 radical (unpaired) electrons. The quantitative estimate of drug-likeness (QED) is 0.869. The van der Waals surface area contributed by atoms with Crippen molar-refractivity contribution in [2.45, 2.75) is 18.6 Å². The average molecular weight is 322 g/mol. The molecule has 2 heterocycles. The number of nitrogens with zero attached hydrogens (tertiary/aromatic N) is 2. The molecule has 0 aliphatic carbocycles. The first kappa shape index (κ1) is 14.3. The lowest BCUT2D eigenvalue weighted by atomic mass is 10.3. The van der Waals surface area contributed by atoms with Crippen LogP contribution in [0.5, 0.6) is 5.75 Å². The standard InChI is InChI=1S/C14H14N2O3S2/c1-8(17)20-10-6-13(18)16(7-10)14-15-11-5-9(19-2)3-4-12(11)21-14/h3-5,10H,6-7H2,1-2H3. The molecule has 110 valence electrons. The SMILES string of the molecule is COc1ccc2sc(N3CC(SC(C)=O)CC3=O)nc2c1. The van der Waals surface area contributed by atoms with Crippen molar-refractivity contribution in [3.63, 3.8) is 0 Å². The Kier molecular flexibility index (Phi) is 3.86. The summed E-state index contributed by atoms with van der Waals surface area (Å²) < 4.78 is 6.20. The van der Waals surface area contributed by atoms with Gasteiger partial charge in [-0.3, -0.25) is 14.5 Å². The molecule has 0 spiro atoms. The molecule has 0 N–H and O–H groups in total. The summed E-state index contributed by atoms with van der Waals surface area (Å²) in [5.74, 6) is 0.775. The maximum Gasteiger partial charge on any atom is 0.230 e. The molecule has 1 fully saturated rings. The average Bonchev–Trinajstić information content (AvgIpc) is 3.00. The summed E-state index contributed by atoms with van der Waals surface area (Å²) in [6.07, 6.45) is 0.392. The summed E-state index contributed by atoms with van der Waals surface area (Å²) in [7, 11) is 1.61. The number of carbonyl (C=O) groups is 2. The van der Waals surface area contributed by atoms with E-state index in [9.17, 15) is 9.59 Å². The molecule has 21 heavy (non-hydrogen) atoms. The molecule has 0 saturated carbocycles. The lowest BCUT2D eigenvalue weighted by Crippen LogP contribution is -2.24. The van der Waals surface area contributed by atoms with Crippen LogP contribution in [-0.2, 0) is 9.59 Å². The fourth-order valence-electron chi connectivity index (χ4n) is 2.31. The molecule has 7 heteroatoms. The number of aromatic nitrogens is 1. The Hall–Kier alpha value is -1.60. The number of thiazole rings is 1. The Labute approximate surface area is 130 Å². The lowest BCUT2D eigenvalue weighted by Gasteiger charge is -2.11. The first-order chi connectivity index (χ1) is 10.1. The zero-order chi connectivity index (χ0) is 15.0. The van der Waals surface area contributed by atoms with Crippen molar-refractivity contribution in [3.8, 4) is 5.75 Å². The minimum absolute atomic E-state index is 0.0246. The molecule has 1 aliphatic rings. The van der Waals surface area contributed by atoms with Crippen LogP contribution in [0.3, 0.4) is 0 Å². The third kappa shape index (κ3) is 2.89. The van der Waals surface area contributed by atoms with Crippen LogP contribution in [0.2, 0.25) is 0 Å². The van der Waals surface area contributed by atoms with E-state index in [0.717, 1.165) is 16.0 Å². The van der Waals surface area contributed by atoms with Gasteiger partial charge in [0.15, 0.2) is 10.2 Å². The van der Waals surface area contributed by atoms with Crippen molar-refractivity contribution in [1.29, 1.82) is 0 Å². The number of thioether (sulfide) groups is 1. The van der Waals surface area contributed by atoms with Crippen LogP contribution in [0, 0.1) is 0 Å². The number of methoxy groups -OCH3 is 1. The van der Waals surface area contributed by atoms with E-state index in [0.29, 0.717) is 18.1 Å². The van der Waals surface area contributed by atoms with Crippen molar-refractivity contribution in [2.24, 2.45) is 0 Å². The Balaban J connectivity index is 1.86. The molecule has 1 unspecified atom stereocenters. The first-order valence-corrected chi connectivity index (χ1v) is 8.18. The number of amides is 1. The molecule has 2 aromatic rings. The van der Waals surface area contributed by atoms with Crippen LogP contribution in [0.4, 0.5) is 5.13 Å². The van der Waals surface area contributed by atoms with Crippen LogP contribution in [0.1, 0.15) is 13.3 Å². The number of anilines is 1. The van der Waals surface area contributed by atoms with E-state index in [2.05, 4.69) is 4.98 Å². The summed E-state index contributed by atoms with van der Waals surface area (Å²) in [6, 6.07) is 5.68. The zero-order valence-corrected chi connectivity index (χ0v) is 13.3. The molecular weight excluding hydrogens is 308 g/mol. The molecule has 1 aromatic carbocycles. The molecule has 5 nitrogen and oxygen atoms in total. The van der Waals surface area contributed by atoms with Gasteiger partial charge in [-0.25, -0.2) is 4.98 Å². The normalized spacial score (nSPS) is 18.5. The van der Waals surface area contributed by atoms with Crippen LogP contribution in [-0.4, -0.2) is 34.9 Å². The van der Waals surface area contributed by atoms with Gasteiger partial charge in [-0.15, -0.1) is 0 Å². The van der Waals surface area contributed by atoms with Gasteiger partial charge in [0.1, 0.15) is 5.75 Å². The highest BCUT2D eigenvalue weighted by Crippen LogP contribution is 2.35. The number of fused-ring (bicyclic) bond motifs is 1. The van der Waals surface area contributed by atoms with Gasteiger partial charge in [-0.2, -0.15) is 0 Å². The summed E-state index contributed by atoms with van der Waals surface area (Å²) in [5, 5.41) is 0.759. The zero-order valence-electron chi connectivity index (χ0n) is 11.7. The highest BCUT2D eigenvalue weighted by atomic mass is 32.2. The maximum absolute atomic E-state index is 12.1. The Morgan fingerprint density at radius 2 is 2.33 bits per heavy atom. The molecule has 0 bridgehead atoms. The minimum atomic E-state index is 0.0246. The fourth-order valence-corrected chi connectivity index (χ4v) is 4.20. The second-order valence-corrected chi connectivity index (χ2v) is 7.26. The van der Waals surface area contributed by atoms with Gasteiger partial charge in [0, 0.05) is 31.2 Å². The molecule has 1 aromatic heterocycles.